The van der Waals surface area contributed by atoms with Crippen LogP contribution >= 0.6 is 0 Å². The first kappa shape index (κ1) is 34.5. The van der Waals surface area contributed by atoms with E-state index in [2.05, 4.69) is 5.48 Å². The first-order valence-electron chi connectivity index (χ1n) is 13.6. The molecule has 12 nitrogen and oxygen atoms in total. The van der Waals surface area contributed by atoms with Gasteiger partial charge in [-0.3, -0.25) is 9.63 Å². The zero-order valence-corrected chi connectivity index (χ0v) is 24.1. The van der Waals surface area contributed by atoms with Crippen molar-refractivity contribution in [2.45, 2.75) is 64.2 Å². The van der Waals surface area contributed by atoms with Crippen molar-refractivity contribution >= 4 is 24.2 Å². The molecule has 0 aliphatic heterocycles. The van der Waals surface area contributed by atoms with Crippen molar-refractivity contribution in [3.05, 3.63) is 71.8 Å². The molecule has 2 aromatic carbocycles. The Bertz CT molecular complexity index is 1130. The van der Waals surface area contributed by atoms with Crippen LogP contribution in [0.15, 0.2) is 60.7 Å². The van der Waals surface area contributed by atoms with E-state index in [0.717, 1.165) is 0 Å². The fourth-order valence-electron chi connectivity index (χ4n) is 3.46. The monoisotopic (exact) mass is 588 g/mol. The predicted molar refractivity (Wildman–Crippen MR) is 151 cm³/mol. The molecule has 0 fully saturated rings. The summed E-state index contributed by atoms with van der Waals surface area (Å²) >= 11 is 0. The summed E-state index contributed by atoms with van der Waals surface area (Å²) < 4.78 is 15.9. The molecule has 0 spiro atoms. The maximum Gasteiger partial charge on any atom is 0.338 e. The largest absolute Gasteiger partial charge is 0.459 e. The molecule has 0 saturated carbocycles. The van der Waals surface area contributed by atoms with Crippen molar-refractivity contribution in [3.8, 4) is 0 Å². The number of aliphatic hydroxyl groups is 2. The Hall–Kier alpha value is -3.68. The normalized spacial score (nSPS) is 15.6. The van der Waals surface area contributed by atoms with Gasteiger partial charge in [-0.2, -0.15) is 5.48 Å². The number of hydroxylamine groups is 1. The Labute approximate surface area is 245 Å². The smallest absolute Gasteiger partial charge is 0.338 e. The molecule has 0 radical (unpaired) electrons. The van der Waals surface area contributed by atoms with Crippen LogP contribution < -0.4 is 11.2 Å². The van der Waals surface area contributed by atoms with E-state index >= 15 is 0 Å². The molecule has 0 aromatic heterocycles. The van der Waals surface area contributed by atoms with Gasteiger partial charge < -0.3 is 35.0 Å². The molecule has 4 unspecified atom stereocenters. The molecule has 2 rings (SSSR count). The quantitative estimate of drug-likeness (QED) is 0.0904. The van der Waals surface area contributed by atoms with E-state index in [-0.39, 0.29) is 23.0 Å². The van der Waals surface area contributed by atoms with E-state index < -0.39 is 67.6 Å². The van der Waals surface area contributed by atoms with Crippen molar-refractivity contribution in [2.24, 2.45) is 17.6 Å². The zero-order chi connectivity index (χ0) is 31.2. The van der Waals surface area contributed by atoms with Crippen molar-refractivity contribution < 1.29 is 48.4 Å². The standard InChI is InChI=1S/C30H40N2O10/c1-18(2)22(15-33)32-42-24(17-40-29(37)21-13-9-6-10-14-21)27(35)26(34)23(41-30(38)25(31)19(3)4)16-39-28(36)20-11-7-5-8-12-20/h5-15,18-19,22-27,32,34-35H,16-17,31H2,1-4H3/t22-,23?,24?,25-,26?,27?/m0/s1. The summed E-state index contributed by atoms with van der Waals surface area (Å²) in [5.41, 5.74) is 8.85. The third kappa shape index (κ3) is 10.6. The fraction of sp³-hybridized carbons (Fsp3) is 0.467. The number of benzene rings is 2. The molecule has 2 aromatic rings. The molecule has 0 heterocycles. The van der Waals surface area contributed by atoms with Crippen molar-refractivity contribution in [1.29, 1.82) is 0 Å². The highest BCUT2D eigenvalue weighted by Crippen LogP contribution is 2.16. The number of ether oxygens (including phenoxy) is 3. The van der Waals surface area contributed by atoms with E-state index in [1.54, 1.807) is 64.1 Å². The highest BCUT2D eigenvalue weighted by molar-refractivity contribution is 5.89. The lowest BCUT2D eigenvalue weighted by atomic mass is 10.0. The van der Waals surface area contributed by atoms with E-state index in [4.69, 9.17) is 24.8 Å². The van der Waals surface area contributed by atoms with Crippen LogP contribution in [-0.2, 0) is 28.6 Å². The van der Waals surface area contributed by atoms with Gasteiger partial charge in [-0.25, -0.2) is 9.59 Å². The average Bonchev–Trinajstić information content (AvgIpc) is 2.99. The number of nitrogens with two attached hydrogens (primary N) is 1. The lowest BCUT2D eigenvalue weighted by molar-refractivity contribution is -0.187. The third-order valence-electron chi connectivity index (χ3n) is 6.37. The topological polar surface area (TPSA) is 184 Å². The molecule has 5 N–H and O–H groups in total. The molecular formula is C30H40N2O10. The number of hydrogen-bond donors (Lipinski definition) is 4. The average molecular weight is 589 g/mol. The number of carbonyl (C=O) groups is 4. The van der Waals surface area contributed by atoms with Crippen LogP contribution in [0.1, 0.15) is 48.4 Å². The molecular weight excluding hydrogens is 548 g/mol. The van der Waals surface area contributed by atoms with E-state index in [1.165, 1.54) is 24.3 Å². The zero-order valence-electron chi connectivity index (χ0n) is 24.1. The second-order valence-electron chi connectivity index (χ2n) is 10.3. The Balaban J connectivity index is 2.26. The van der Waals surface area contributed by atoms with Gasteiger partial charge in [-0.05, 0) is 36.1 Å². The maximum atomic E-state index is 12.7. The predicted octanol–water partition coefficient (Wildman–Crippen LogP) is 1.43. The molecule has 6 atom stereocenters. The van der Waals surface area contributed by atoms with Gasteiger partial charge in [0.1, 0.15) is 43.9 Å². The number of rotatable bonds is 17. The number of nitrogens with one attached hydrogen (secondary N) is 1. The molecule has 0 amide bonds. The number of aldehydes is 1. The minimum Gasteiger partial charge on any atom is -0.459 e. The summed E-state index contributed by atoms with van der Waals surface area (Å²) in [4.78, 5) is 54.7. The minimum absolute atomic E-state index is 0.208. The number of aliphatic hydroxyl groups excluding tert-OH is 2. The molecule has 0 aliphatic rings. The van der Waals surface area contributed by atoms with Crippen LogP contribution in [-0.4, -0.2) is 84.1 Å². The lowest BCUT2D eigenvalue weighted by Crippen LogP contribution is -2.53. The Morgan fingerprint density at radius 1 is 0.786 bits per heavy atom. The first-order chi connectivity index (χ1) is 20.0. The van der Waals surface area contributed by atoms with Gasteiger partial charge >= 0.3 is 17.9 Å². The second kappa shape index (κ2) is 17.3. The van der Waals surface area contributed by atoms with Crippen LogP contribution in [0.4, 0.5) is 0 Å². The van der Waals surface area contributed by atoms with Crippen LogP contribution in [0.2, 0.25) is 0 Å². The SMILES string of the molecule is CC(C)[C@H](C=O)NOC(COC(=O)c1ccccc1)C(O)C(O)C(COC(=O)c1ccccc1)OC(=O)[C@@H](N)C(C)C. The molecule has 230 valence electrons. The number of hydrogen-bond acceptors (Lipinski definition) is 12. The third-order valence-corrected chi connectivity index (χ3v) is 6.37. The van der Waals surface area contributed by atoms with E-state index in [0.29, 0.717) is 6.29 Å². The number of carbonyl (C=O) groups excluding carboxylic acids is 4. The van der Waals surface area contributed by atoms with Gasteiger partial charge in [-0.1, -0.05) is 64.1 Å². The minimum atomic E-state index is -1.91. The van der Waals surface area contributed by atoms with Gasteiger partial charge in [0, 0.05) is 0 Å². The summed E-state index contributed by atoms with van der Waals surface area (Å²) in [6.07, 6.45) is -6.23. The van der Waals surface area contributed by atoms with Gasteiger partial charge in [0.05, 0.1) is 17.2 Å². The van der Waals surface area contributed by atoms with E-state index in [9.17, 15) is 29.4 Å². The van der Waals surface area contributed by atoms with Crippen molar-refractivity contribution in [2.75, 3.05) is 13.2 Å². The van der Waals surface area contributed by atoms with Gasteiger partial charge in [0.2, 0.25) is 0 Å². The Kier molecular flexibility index (Phi) is 14.2. The lowest BCUT2D eigenvalue weighted by Gasteiger charge is -2.32. The van der Waals surface area contributed by atoms with Crippen LogP contribution in [0, 0.1) is 11.8 Å². The maximum absolute atomic E-state index is 12.7. The Morgan fingerprint density at radius 2 is 1.24 bits per heavy atom. The molecule has 0 aliphatic carbocycles. The second-order valence-corrected chi connectivity index (χ2v) is 10.3. The summed E-state index contributed by atoms with van der Waals surface area (Å²) in [6, 6.07) is 14.2. The molecule has 42 heavy (non-hydrogen) atoms. The molecule has 0 bridgehead atoms. The fourth-order valence-corrected chi connectivity index (χ4v) is 3.46. The molecule has 12 heteroatoms. The summed E-state index contributed by atoms with van der Waals surface area (Å²) in [5.74, 6) is -2.92. The number of esters is 3. The van der Waals surface area contributed by atoms with Crippen molar-refractivity contribution in [1.82, 2.24) is 5.48 Å². The Morgan fingerprint density at radius 3 is 1.67 bits per heavy atom. The summed E-state index contributed by atoms with van der Waals surface area (Å²) in [6.45, 7) is 5.67. The summed E-state index contributed by atoms with van der Waals surface area (Å²) in [5, 5.41) is 22.3. The van der Waals surface area contributed by atoms with Gasteiger partial charge in [0.25, 0.3) is 0 Å². The van der Waals surface area contributed by atoms with Gasteiger partial charge in [0.15, 0.2) is 6.10 Å². The van der Waals surface area contributed by atoms with Crippen LogP contribution in [0.25, 0.3) is 0 Å². The summed E-state index contributed by atoms with van der Waals surface area (Å²) in [7, 11) is 0. The first-order valence-corrected chi connectivity index (χ1v) is 13.6. The highest BCUT2D eigenvalue weighted by Gasteiger charge is 2.38. The van der Waals surface area contributed by atoms with Crippen molar-refractivity contribution in [3.63, 3.8) is 0 Å². The van der Waals surface area contributed by atoms with Crippen LogP contribution in [0.5, 0.6) is 0 Å². The highest BCUT2D eigenvalue weighted by atomic mass is 16.7. The van der Waals surface area contributed by atoms with Gasteiger partial charge in [-0.15, -0.1) is 0 Å². The van der Waals surface area contributed by atoms with E-state index in [1.807, 2.05) is 0 Å². The van der Waals surface area contributed by atoms with Crippen LogP contribution in [0.3, 0.4) is 0 Å². The molecule has 0 saturated heterocycles.